The lowest BCUT2D eigenvalue weighted by atomic mass is 10.2. The zero-order valence-corrected chi connectivity index (χ0v) is 7.82. The second-order valence-corrected chi connectivity index (χ2v) is 2.91. The molecule has 0 aliphatic heterocycles. The van der Waals surface area contributed by atoms with E-state index in [0.717, 1.165) is 11.3 Å². The van der Waals surface area contributed by atoms with E-state index < -0.39 is 0 Å². The van der Waals surface area contributed by atoms with Crippen molar-refractivity contribution in [3.63, 3.8) is 0 Å². The van der Waals surface area contributed by atoms with Crippen molar-refractivity contribution in [2.24, 2.45) is 0 Å². The maximum absolute atomic E-state index is 11.0. The molecule has 0 radical (unpaired) electrons. The van der Waals surface area contributed by atoms with Gasteiger partial charge in [-0.25, -0.2) is 0 Å². The predicted molar refractivity (Wildman–Crippen MR) is 51.4 cm³/mol. The van der Waals surface area contributed by atoms with Crippen molar-refractivity contribution in [2.75, 3.05) is 11.9 Å². The molecule has 3 nitrogen and oxygen atoms in total. The van der Waals surface area contributed by atoms with E-state index >= 15 is 0 Å². The zero-order valence-electron chi connectivity index (χ0n) is 7.82. The number of aliphatic hydroxyl groups is 1. The highest BCUT2D eigenvalue weighted by Gasteiger charge is 2.04. The number of nitrogens with zero attached hydrogens (tertiary/aromatic N) is 1. The first-order valence-corrected chi connectivity index (χ1v) is 4.09. The molecule has 1 aromatic rings. The average Bonchev–Trinajstić information content (AvgIpc) is 2.16. The largest absolute Gasteiger partial charge is 0.392 e. The van der Waals surface area contributed by atoms with Gasteiger partial charge in [-0.05, 0) is 17.7 Å². The van der Waals surface area contributed by atoms with Crippen LogP contribution in [0.3, 0.4) is 0 Å². The van der Waals surface area contributed by atoms with Crippen molar-refractivity contribution in [3.8, 4) is 0 Å². The monoisotopic (exact) mass is 179 g/mol. The van der Waals surface area contributed by atoms with E-state index in [1.54, 1.807) is 18.0 Å². The maximum atomic E-state index is 11.0. The van der Waals surface area contributed by atoms with E-state index in [0.29, 0.717) is 0 Å². The molecule has 0 spiro atoms. The molecule has 1 amide bonds. The van der Waals surface area contributed by atoms with E-state index in [1.165, 1.54) is 6.92 Å². The molecule has 0 aliphatic carbocycles. The Labute approximate surface area is 77.6 Å². The lowest BCUT2D eigenvalue weighted by Gasteiger charge is -2.15. The number of benzene rings is 1. The summed E-state index contributed by atoms with van der Waals surface area (Å²) in [6, 6.07) is 7.26. The first kappa shape index (κ1) is 9.74. The summed E-state index contributed by atoms with van der Waals surface area (Å²) in [5.74, 6) is -0.0184. The molecular weight excluding hydrogens is 166 g/mol. The predicted octanol–water partition coefficient (Wildman–Crippen LogP) is 1.16. The number of carbonyl (C=O) groups is 1. The number of hydrogen-bond donors (Lipinski definition) is 1. The summed E-state index contributed by atoms with van der Waals surface area (Å²) in [6.45, 7) is 1.51. The molecule has 0 atom stereocenters. The number of carbonyl (C=O) groups excluding carboxylic acids is 1. The van der Waals surface area contributed by atoms with Gasteiger partial charge in [0.15, 0.2) is 0 Å². The maximum Gasteiger partial charge on any atom is 0.223 e. The summed E-state index contributed by atoms with van der Waals surface area (Å²) >= 11 is 0. The van der Waals surface area contributed by atoms with Crippen LogP contribution in [0.2, 0.25) is 0 Å². The summed E-state index contributed by atoms with van der Waals surface area (Å²) in [5, 5.41) is 8.88. The Balaban J connectivity index is 2.94. The number of anilines is 1. The molecule has 0 aromatic heterocycles. The third kappa shape index (κ3) is 2.29. The molecule has 0 saturated carbocycles. The number of aliphatic hydroxyl groups excluding tert-OH is 1. The number of hydrogen-bond acceptors (Lipinski definition) is 2. The summed E-state index contributed by atoms with van der Waals surface area (Å²) in [7, 11) is 1.71. The van der Waals surface area contributed by atoms with Crippen LogP contribution in [0.4, 0.5) is 5.69 Å². The van der Waals surface area contributed by atoms with Crippen molar-refractivity contribution in [1.82, 2.24) is 0 Å². The Morgan fingerprint density at radius 1 is 1.54 bits per heavy atom. The fourth-order valence-electron chi connectivity index (χ4n) is 1.05. The normalized spacial score (nSPS) is 9.77. The molecule has 3 heteroatoms. The fourth-order valence-corrected chi connectivity index (χ4v) is 1.05. The third-order valence-electron chi connectivity index (χ3n) is 1.95. The van der Waals surface area contributed by atoms with Crippen LogP contribution in [0.1, 0.15) is 12.5 Å². The van der Waals surface area contributed by atoms with Crippen LogP contribution in [0.15, 0.2) is 24.3 Å². The van der Waals surface area contributed by atoms with Crippen molar-refractivity contribution < 1.29 is 9.90 Å². The minimum absolute atomic E-state index is 0.000412. The SMILES string of the molecule is CC(=O)N(C)c1cccc(CO)c1. The van der Waals surface area contributed by atoms with Crippen LogP contribution >= 0.6 is 0 Å². The third-order valence-corrected chi connectivity index (χ3v) is 1.95. The van der Waals surface area contributed by atoms with Gasteiger partial charge < -0.3 is 10.0 Å². The first-order valence-electron chi connectivity index (χ1n) is 4.09. The molecule has 13 heavy (non-hydrogen) atoms. The van der Waals surface area contributed by atoms with Crippen LogP contribution in [0.25, 0.3) is 0 Å². The molecule has 0 bridgehead atoms. The van der Waals surface area contributed by atoms with E-state index in [2.05, 4.69) is 0 Å². The van der Waals surface area contributed by atoms with Crippen molar-refractivity contribution in [2.45, 2.75) is 13.5 Å². The quantitative estimate of drug-likeness (QED) is 0.740. The van der Waals surface area contributed by atoms with Gasteiger partial charge in [-0.3, -0.25) is 4.79 Å². The highest BCUT2D eigenvalue weighted by atomic mass is 16.3. The van der Waals surface area contributed by atoms with Gasteiger partial charge in [0.25, 0.3) is 0 Å². The van der Waals surface area contributed by atoms with Gasteiger partial charge in [-0.1, -0.05) is 12.1 Å². The molecule has 1 rings (SSSR count). The van der Waals surface area contributed by atoms with Crippen LogP contribution in [0, 0.1) is 0 Å². The standard InChI is InChI=1S/C10H13NO2/c1-8(13)11(2)10-5-3-4-9(6-10)7-12/h3-6,12H,7H2,1-2H3. The topological polar surface area (TPSA) is 40.5 Å². The summed E-state index contributed by atoms with van der Waals surface area (Å²) in [5.41, 5.74) is 1.62. The molecule has 0 heterocycles. The Morgan fingerprint density at radius 2 is 2.23 bits per heavy atom. The van der Waals surface area contributed by atoms with Gasteiger partial charge >= 0.3 is 0 Å². The lowest BCUT2D eigenvalue weighted by Crippen LogP contribution is -2.22. The second kappa shape index (κ2) is 4.05. The van der Waals surface area contributed by atoms with Crippen LogP contribution in [0.5, 0.6) is 0 Å². The Bertz CT molecular complexity index is 310. The molecule has 0 saturated heterocycles. The van der Waals surface area contributed by atoms with Crippen molar-refractivity contribution in [1.29, 1.82) is 0 Å². The highest BCUT2D eigenvalue weighted by Crippen LogP contribution is 2.14. The Hall–Kier alpha value is -1.35. The minimum atomic E-state index is -0.0184. The average molecular weight is 179 g/mol. The van der Waals surface area contributed by atoms with Gasteiger partial charge in [0.05, 0.1) is 6.61 Å². The van der Waals surface area contributed by atoms with Crippen LogP contribution in [-0.2, 0) is 11.4 Å². The second-order valence-electron chi connectivity index (χ2n) is 2.91. The molecule has 0 aliphatic rings. The van der Waals surface area contributed by atoms with E-state index in [-0.39, 0.29) is 12.5 Å². The van der Waals surface area contributed by atoms with Gasteiger partial charge in [0.2, 0.25) is 5.91 Å². The Kier molecular flexibility index (Phi) is 3.03. The zero-order chi connectivity index (χ0) is 9.84. The first-order chi connectivity index (χ1) is 6.15. The number of amides is 1. The van der Waals surface area contributed by atoms with E-state index in [1.807, 2.05) is 18.2 Å². The van der Waals surface area contributed by atoms with Crippen molar-refractivity contribution in [3.05, 3.63) is 29.8 Å². The summed E-state index contributed by atoms with van der Waals surface area (Å²) < 4.78 is 0. The van der Waals surface area contributed by atoms with E-state index in [4.69, 9.17) is 5.11 Å². The van der Waals surface area contributed by atoms with E-state index in [9.17, 15) is 4.79 Å². The molecule has 1 N–H and O–H groups in total. The van der Waals surface area contributed by atoms with Crippen LogP contribution in [-0.4, -0.2) is 18.1 Å². The molecular formula is C10H13NO2. The fraction of sp³-hybridized carbons (Fsp3) is 0.300. The molecule has 0 unspecified atom stereocenters. The Morgan fingerprint density at radius 3 is 2.77 bits per heavy atom. The molecule has 1 aromatic carbocycles. The minimum Gasteiger partial charge on any atom is -0.392 e. The number of rotatable bonds is 2. The van der Waals surface area contributed by atoms with Gasteiger partial charge in [0.1, 0.15) is 0 Å². The van der Waals surface area contributed by atoms with Gasteiger partial charge in [-0.15, -0.1) is 0 Å². The smallest absolute Gasteiger partial charge is 0.223 e. The van der Waals surface area contributed by atoms with Crippen LogP contribution < -0.4 is 4.90 Å². The van der Waals surface area contributed by atoms with Crippen molar-refractivity contribution >= 4 is 11.6 Å². The van der Waals surface area contributed by atoms with Gasteiger partial charge in [-0.2, -0.15) is 0 Å². The summed E-state index contributed by atoms with van der Waals surface area (Å²) in [4.78, 5) is 12.5. The molecule has 0 fully saturated rings. The molecule has 70 valence electrons. The summed E-state index contributed by atoms with van der Waals surface area (Å²) in [6.07, 6.45) is 0. The lowest BCUT2D eigenvalue weighted by molar-refractivity contribution is -0.116. The highest BCUT2D eigenvalue weighted by molar-refractivity contribution is 5.90. The van der Waals surface area contributed by atoms with Gasteiger partial charge in [0, 0.05) is 19.7 Å².